The van der Waals surface area contributed by atoms with Crippen molar-refractivity contribution in [3.63, 3.8) is 0 Å². The lowest BCUT2D eigenvalue weighted by Gasteiger charge is -2.29. The average molecular weight is 474 g/mol. The number of pyridine rings is 1. The van der Waals surface area contributed by atoms with Gasteiger partial charge in [0.25, 0.3) is 0 Å². The van der Waals surface area contributed by atoms with Gasteiger partial charge in [-0.3, -0.25) is 9.78 Å². The highest BCUT2D eigenvalue weighted by Gasteiger charge is 2.33. The second-order valence-corrected chi connectivity index (χ2v) is 10.1. The van der Waals surface area contributed by atoms with Crippen molar-refractivity contribution in [3.8, 4) is 16.3 Å². The van der Waals surface area contributed by atoms with Gasteiger partial charge in [0.05, 0.1) is 24.3 Å². The number of benzene rings is 1. The standard InChI is InChI=1S/C22H23N3O5S2/c1-29-20-7-3-2-6-19(20)21-24-17(15-31-21)14-30-22(26)16-8-11-25(12-9-16)32(27,28)18-5-4-10-23-13-18/h2-7,10,13,15-16H,8-9,11-12,14H2,1H3. The van der Waals surface area contributed by atoms with Gasteiger partial charge in [0.2, 0.25) is 10.0 Å². The van der Waals surface area contributed by atoms with Gasteiger partial charge in [-0.25, -0.2) is 13.4 Å². The maximum atomic E-state index is 12.7. The fourth-order valence-electron chi connectivity index (χ4n) is 3.56. The third-order valence-electron chi connectivity index (χ3n) is 5.31. The number of carbonyl (C=O) groups is 1. The number of sulfonamides is 1. The Hall–Kier alpha value is -2.82. The Balaban J connectivity index is 1.31. The number of hydrogen-bond acceptors (Lipinski definition) is 8. The molecule has 1 saturated heterocycles. The fraction of sp³-hybridized carbons (Fsp3) is 0.318. The highest BCUT2D eigenvalue weighted by molar-refractivity contribution is 7.89. The van der Waals surface area contributed by atoms with E-state index in [1.807, 2.05) is 29.6 Å². The minimum atomic E-state index is -3.60. The van der Waals surface area contributed by atoms with E-state index in [9.17, 15) is 13.2 Å². The summed E-state index contributed by atoms with van der Waals surface area (Å²) in [7, 11) is -1.98. The van der Waals surface area contributed by atoms with Crippen molar-refractivity contribution in [1.82, 2.24) is 14.3 Å². The van der Waals surface area contributed by atoms with Crippen LogP contribution in [0.3, 0.4) is 0 Å². The molecule has 0 atom stereocenters. The Morgan fingerprint density at radius 2 is 1.97 bits per heavy atom. The van der Waals surface area contributed by atoms with Crippen molar-refractivity contribution in [2.24, 2.45) is 5.92 Å². The molecule has 0 bridgehead atoms. The molecule has 10 heteroatoms. The van der Waals surface area contributed by atoms with E-state index in [1.54, 1.807) is 13.2 Å². The van der Waals surface area contributed by atoms with Gasteiger partial charge < -0.3 is 9.47 Å². The second kappa shape index (κ2) is 9.76. The van der Waals surface area contributed by atoms with E-state index in [0.717, 1.165) is 16.3 Å². The van der Waals surface area contributed by atoms with Gasteiger partial charge in [-0.2, -0.15) is 4.31 Å². The quantitative estimate of drug-likeness (QED) is 0.485. The van der Waals surface area contributed by atoms with Crippen LogP contribution in [0.2, 0.25) is 0 Å². The highest BCUT2D eigenvalue weighted by atomic mass is 32.2. The first kappa shape index (κ1) is 22.4. The normalized spacial score (nSPS) is 15.4. The van der Waals surface area contributed by atoms with Gasteiger partial charge in [-0.05, 0) is 37.1 Å². The third-order valence-corrected chi connectivity index (χ3v) is 8.12. The lowest BCUT2D eigenvalue weighted by molar-refractivity contribution is -0.151. The Morgan fingerprint density at radius 3 is 2.69 bits per heavy atom. The Kier molecular flexibility index (Phi) is 6.83. The van der Waals surface area contributed by atoms with Crippen LogP contribution in [-0.2, 0) is 26.2 Å². The molecule has 1 aromatic carbocycles. The van der Waals surface area contributed by atoms with E-state index in [-0.39, 0.29) is 36.5 Å². The zero-order valence-corrected chi connectivity index (χ0v) is 19.1. The molecule has 1 aliphatic rings. The summed E-state index contributed by atoms with van der Waals surface area (Å²) in [5, 5.41) is 2.65. The molecule has 2 aromatic heterocycles. The van der Waals surface area contributed by atoms with Crippen LogP contribution in [0, 0.1) is 5.92 Å². The van der Waals surface area contributed by atoms with Crippen molar-refractivity contribution in [2.75, 3.05) is 20.2 Å². The van der Waals surface area contributed by atoms with Gasteiger partial charge in [0, 0.05) is 30.9 Å². The van der Waals surface area contributed by atoms with Crippen LogP contribution in [0.4, 0.5) is 0 Å². The van der Waals surface area contributed by atoms with Gasteiger partial charge in [-0.15, -0.1) is 11.3 Å². The van der Waals surface area contributed by atoms with Gasteiger partial charge in [-0.1, -0.05) is 12.1 Å². The fourth-order valence-corrected chi connectivity index (χ4v) is 5.83. The molecular formula is C22H23N3O5S2. The first-order valence-corrected chi connectivity index (χ1v) is 12.5. The van der Waals surface area contributed by atoms with Gasteiger partial charge >= 0.3 is 5.97 Å². The lowest BCUT2D eigenvalue weighted by Crippen LogP contribution is -2.40. The number of hydrogen-bond donors (Lipinski definition) is 0. The Labute approximate surface area is 190 Å². The molecule has 0 N–H and O–H groups in total. The zero-order chi connectivity index (χ0) is 22.6. The molecule has 0 unspecified atom stereocenters. The van der Waals surface area contributed by atoms with Crippen LogP contribution in [0.25, 0.3) is 10.6 Å². The number of nitrogens with zero attached hydrogens (tertiary/aromatic N) is 3. The molecular weight excluding hydrogens is 450 g/mol. The number of ether oxygens (including phenoxy) is 2. The van der Waals surface area contributed by atoms with Crippen LogP contribution < -0.4 is 4.74 Å². The molecule has 3 aromatic rings. The van der Waals surface area contributed by atoms with Crippen molar-refractivity contribution < 1.29 is 22.7 Å². The van der Waals surface area contributed by atoms with Crippen molar-refractivity contribution in [1.29, 1.82) is 0 Å². The van der Waals surface area contributed by atoms with Crippen molar-refractivity contribution in [2.45, 2.75) is 24.3 Å². The van der Waals surface area contributed by atoms with Crippen molar-refractivity contribution >= 4 is 27.3 Å². The van der Waals surface area contributed by atoms with E-state index in [0.29, 0.717) is 18.5 Å². The number of piperidine rings is 1. The molecule has 0 amide bonds. The SMILES string of the molecule is COc1ccccc1-c1nc(COC(=O)C2CCN(S(=O)(=O)c3cccnc3)CC2)cs1. The zero-order valence-electron chi connectivity index (χ0n) is 17.5. The molecule has 3 heterocycles. The van der Waals surface area contributed by atoms with Crippen LogP contribution in [0.1, 0.15) is 18.5 Å². The molecule has 0 spiro atoms. The summed E-state index contributed by atoms with van der Waals surface area (Å²) in [6.45, 7) is 0.621. The van der Waals surface area contributed by atoms with Gasteiger partial charge in [0.1, 0.15) is 22.3 Å². The highest BCUT2D eigenvalue weighted by Crippen LogP contribution is 2.32. The predicted molar refractivity (Wildman–Crippen MR) is 120 cm³/mol. The largest absolute Gasteiger partial charge is 0.496 e. The molecule has 1 aliphatic heterocycles. The predicted octanol–water partition coefficient (Wildman–Crippen LogP) is 3.36. The monoisotopic (exact) mass is 473 g/mol. The summed E-state index contributed by atoms with van der Waals surface area (Å²) < 4.78 is 37.6. The second-order valence-electron chi connectivity index (χ2n) is 7.32. The summed E-state index contributed by atoms with van der Waals surface area (Å²) >= 11 is 1.46. The molecule has 0 radical (unpaired) electrons. The number of thiazole rings is 1. The first-order valence-electron chi connectivity index (χ1n) is 10.1. The maximum absolute atomic E-state index is 12.7. The smallest absolute Gasteiger partial charge is 0.309 e. The number of aromatic nitrogens is 2. The molecule has 32 heavy (non-hydrogen) atoms. The number of para-hydroxylation sites is 1. The summed E-state index contributed by atoms with van der Waals surface area (Å²) in [5.41, 5.74) is 1.56. The van der Waals surface area contributed by atoms with E-state index in [4.69, 9.17) is 9.47 Å². The average Bonchev–Trinajstić information content (AvgIpc) is 3.32. The Bertz CT molecular complexity index is 1170. The van der Waals surface area contributed by atoms with E-state index < -0.39 is 10.0 Å². The van der Waals surface area contributed by atoms with Crippen LogP contribution in [0.5, 0.6) is 5.75 Å². The maximum Gasteiger partial charge on any atom is 0.309 e. The van der Waals surface area contributed by atoms with Crippen molar-refractivity contribution in [3.05, 3.63) is 59.9 Å². The van der Waals surface area contributed by atoms with E-state index >= 15 is 0 Å². The molecule has 8 nitrogen and oxygen atoms in total. The van der Waals surface area contributed by atoms with E-state index in [1.165, 1.54) is 34.1 Å². The summed E-state index contributed by atoms with van der Waals surface area (Å²) in [6, 6.07) is 10.7. The summed E-state index contributed by atoms with van der Waals surface area (Å²) in [6.07, 6.45) is 3.70. The topological polar surface area (TPSA) is 98.7 Å². The first-order chi connectivity index (χ1) is 15.5. The Morgan fingerprint density at radius 1 is 1.19 bits per heavy atom. The van der Waals surface area contributed by atoms with Crippen LogP contribution >= 0.6 is 11.3 Å². The van der Waals surface area contributed by atoms with E-state index in [2.05, 4.69) is 9.97 Å². The minimum Gasteiger partial charge on any atom is -0.496 e. The molecule has 0 aliphatic carbocycles. The number of esters is 1. The van der Waals surface area contributed by atoms with Crippen LogP contribution in [-0.4, -0.2) is 48.9 Å². The van der Waals surface area contributed by atoms with Gasteiger partial charge in [0.15, 0.2) is 0 Å². The van der Waals surface area contributed by atoms with Crippen LogP contribution in [0.15, 0.2) is 59.1 Å². The molecule has 4 rings (SSSR count). The summed E-state index contributed by atoms with van der Waals surface area (Å²) in [4.78, 5) is 21.1. The molecule has 1 fully saturated rings. The third kappa shape index (κ3) is 4.82. The number of carbonyl (C=O) groups excluding carboxylic acids is 1. The summed E-state index contributed by atoms with van der Waals surface area (Å²) in [5.74, 6) is 0.0799. The minimum absolute atomic E-state index is 0.0820. The molecule has 0 saturated carbocycles. The lowest BCUT2D eigenvalue weighted by atomic mass is 9.98. The number of rotatable bonds is 7. The molecule has 168 valence electrons. The number of methoxy groups -OCH3 is 1.